The smallest absolute Gasteiger partial charge is 0.249 e. The van der Waals surface area contributed by atoms with Gasteiger partial charge in [0.1, 0.15) is 0 Å². The van der Waals surface area contributed by atoms with Gasteiger partial charge in [-0.1, -0.05) is 168 Å². The molecule has 0 heterocycles. The lowest BCUT2D eigenvalue weighted by molar-refractivity contribution is 0.258. The average molecular weight is 603 g/mol. The number of nitrogens with one attached hydrogen (secondary N) is 1. The van der Waals surface area contributed by atoms with Crippen LogP contribution in [-0.4, -0.2) is 31.1 Å². The van der Waals surface area contributed by atoms with Crippen LogP contribution >= 0.6 is 0 Å². The van der Waals surface area contributed by atoms with Crippen LogP contribution in [-0.2, 0) is 0 Å². The highest BCUT2D eigenvalue weighted by Crippen LogP contribution is 2.24. The molecule has 1 rings (SSSR count). The van der Waals surface area contributed by atoms with Crippen molar-refractivity contribution in [2.75, 3.05) is 31.5 Å². The zero-order valence-corrected chi connectivity index (χ0v) is 29.6. The van der Waals surface area contributed by atoms with Gasteiger partial charge in [0, 0.05) is 12.1 Å². The lowest BCUT2D eigenvalue weighted by Crippen LogP contribution is -2.37. The topological polar surface area (TPSA) is 49.4 Å². The van der Waals surface area contributed by atoms with Crippen LogP contribution in [0.2, 0.25) is 0 Å². The average Bonchev–Trinajstić information content (AvgIpc) is 3.02. The van der Waals surface area contributed by atoms with Crippen molar-refractivity contribution in [1.82, 2.24) is 4.90 Å². The second kappa shape index (κ2) is 28.3. The van der Waals surface area contributed by atoms with E-state index in [0.717, 1.165) is 25.4 Å². The third-order valence-electron chi connectivity index (χ3n) is 9.70. The van der Waals surface area contributed by atoms with Crippen molar-refractivity contribution in [3.63, 3.8) is 0 Å². The molecule has 0 radical (unpaired) electrons. The molecular formula is C39H74N2O2. The van der Waals surface area contributed by atoms with Crippen LogP contribution in [0, 0.1) is 12.8 Å². The minimum atomic E-state index is -0.331. The molecule has 0 aromatic heterocycles. The van der Waals surface area contributed by atoms with Crippen molar-refractivity contribution >= 4 is 5.69 Å². The number of hydrogen-bond donors (Lipinski definition) is 1. The van der Waals surface area contributed by atoms with E-state index in [1.54, 1.807) is 6.92 Å². The Kier molecular flexibility index (Phi) is 26.3. The van der Waals surface area contributed by atoms with Gasteiger partial charge in [0.2, 0.25) is 10.9 Å². The Hall–Kier alpha value is -1.16. The summed E-state index contributed by atoms with van der Waals surface area (Å²) in [6, 6.07) is 0. The molecule has 4 nitrogen and oxygen atoms in total. The summed E-state index contributed by atoms with van der Waals surface area (Å²) in [6.07, 6.45) is 36.0. The van der Waals surface area contributed by atoms with Crippen LogP contribution in [0.3, 0.4) is 0 Å². The molecule has 0 unspecified atom stereocenters. The van der Waals surface area contributed by atoms with Crippen molar-refractivity contribution in [3.8, 4) is 0 Å². The summed E-state index contributed by atoms with van der Waals surface area (Å²) in [5.41, 5.74) is 0.514. The number of nitrogens with zero attached hydrogens (tertiary/aromatic N) is 1. The SMILES string of the molecule is CCCCCCCCC(CCCCCCCC)CCCCCCN(CCCCCCCC)CCCNc1c(C)c(=O)c1=O. The summed E-state index contributed by atoms with van der Waals surface area (Å²) in [4.78, 5) is 25.9. The Bertz CT molecular complexity index is 797. The van der Waals surface area contributed by atoms with Crippen molar-refractivity contribution in [3.05, 3.63) is 26.0 Å². The molecule has 1 aromatic carbocycles. The van der Waals surface area contributed by atoms with E-state index in [2.05, 4.69) is 31.0 Å². The highest BCUT2D eigenvalue weighted by atomic mass is 16.2. The summed E-state index contributed by atoms with van der Waals surface area (Å²) in [6.45, 7) is 12.9. The lowest BCUT2D eigenvalue weighted by Gasteiger charge is -2.23. The van der Waals surface area contributed by atoms with E-state index in [-0.39, 0.29) is 10.9 Å². The van der Waals surface area contributed by atoms with E-state index in [4.69, 9.17) is 0 Å². The molecule has 0 atom stereocenters. The first-order valence-electron chi connectivity index (χ1n) is 19.3. The molecule has 1 N–H and O–H groups in total. The lowest BCUT2D eigenvalue weighted by atomic mass is 9.89. The molecule has 0 spiro atoms. The van der Waals surface area contributed by atoms with Crippen LogP contribution in [0.1, 0.15) is 193 Å². The van der Waals surface area contributed by atoms with Gasteiger partial charge in [0.05, 0.1) is 5.69 Å². The molecule has 0 aliphatic rings. The minimum absolute atomic E-state index is 0.316. The van der Waals surface area contributed by atoms with E-state index in [1.165, 1.54) is 174 Å². The van der Waals surface area contributed by atoms with E-state index in [9.17, 15) is 9.59 Å². The van der Waals surface area contributed by atoms with Crippen molar-refractivity contribution < 1.29 is 0 Å². The summed E-state index contributed by atoms with van der Waals surface area (Å²) >= 11 is 0. The third kappa shape index (κ3) is 20.5. The highest BCUT2D eigenvalue weighted by Gasteiger charge is 2.16. The molecule has 0 saturated carbocycles. The van der Waals surface area contributed by atoms with Crippen molar-refractivity contribution in [2.24, 2.45) is 5.92 Å². The quantitative estimate of drug-likeness (QED) is 0.0642. The van der Waals surface area contributed by atoms with Crippen molar-refractivity contribution in [2.45, 2.75) is 195 Å². The first kappa shape index (κ1) is 39.9. The zero-order chi connectivity index (χ0) is 31.4. The Balaban J connectivity index is 2.34. The molecule has 0 aliphatic heterocycles. The Morgan fingerprint density at radius 1 is 0.488 bits per heavy atom. The first-order valence-corrected chi connectivity index (χ1v) is 19.3. The second-order valence-electron chi connectivity index (χ2n) is 13.7. The van der Waals surface area contributed by atoms with E-state index in [1.807, 2.05) is 0 Å². The number of anilines is 1. The van der Waals surface area contributed by atoms with Crippen LogP contribution in [0.25, 0.3) is 0 Å². The fraction of sp³-hybridized carbons (Fsp3) is 0.897. The van der Waals surface area contributed by atoms with Gasteiger partial charge in [-0.25, -0.2) is 0 Å². The third-order valence-corrected chi connectivity index (χ3v) is 9.70. The maximum absolute atomic E-state index is 11.7. The molecule has 0 saturated heterocycles. The fourth-order valence-corrected chi connectivity index (χ4v) is 6.67. The first-order chi connectivity index (χ1) is 21.0. The normalized spacial score (nSPS) is 11.9. The van der Waals surface area contributed by atoms with E-state index >= 15 is 0 Å². The van der Waals surface area contributed by atoms with Gasteiger partial charge in [-0.3, -0.25) is 9.59 Å². The molecule has 0 amide bonds. The molecule has 0 aliphatic carbocycles. The van der Waals surface area contributed by atoms with Crippen LogP contribution in [0.4, 0.5) is 5.69 Å². The van der Waals surface area contributed by atoms with Gasteiger partial charge in [-0.05, 0) is 51.7 Å². The van der Waals surface area contributed by atoms with Crippen LogP contribution in [0.5, 0.6) is 0 Å². The molecule has 4 heteroatoms. The predicted octanol–water partition coefficient (Wildman–Crippen LogP) is 11.1. The summed E-state index contributed by atoms with van der Waals surface area (Å²) in [7, 11) is 0. The number of unbranched alkanes of at least 4 members (excludes halogenated alkanes) is 18. The molecule has 43 heavy (non-hydrogen) atoms. The maximum Gasteiger partial charge on any atom is 0.249 e. The molecule has 0 fully saturated rings. The van der Waals surface area contributed by atoms with Gasteiger partial charge >= 0.3 is 0 Å². The molecular weight excluding hydrogens is 528 g/mol. The Morgan fingerprint density at radius 2 is 0.860 bits per heavy atom. The molecule has 252 valence electrons. The van der Waals surface area contributed by atoms with Crippen LogP contribution in [0.15, 0.2) is 9.59 Å². The van der Waals surface area contributed by atoms with Gasteiger partial charge in [-0.2, -0.15) is 0 Å². The van der Waals surface area contributed by atoms with Gasteiger partial charge < -0.3 is 10.2 Å². The fourth-order valence-electron chi connectivity index (χ4n) is 6.67. The summed E-state index contributed by atoms with van der Waals surface area (Å²) in [5.74, 6) is 0.964. The van der Waals surface area contributed by atoms with E-state index < -0.39 is 0 Å². The van der Waals surface area contributed by atoms with Crippen molar-refractivity contribution in [1.29, 1.82) is 0 Å². The largest absolute Gasteiger partial charge is 0.381 e. The highest BCUT2D eigenvalue weighted by molar-refractivity contribution is 5.55. The van der Waals surface area contributed by atoms with E-state index in [0.29, 0.717) is 11.3 Å². The van der Waals surface area contributed by atoms with Crippen LogP contribution < -0.4 is 16.2 Å². The summed E-state index contributed by atoms with van der Waals surface area (Å²) < 4.78 is 0. The summed E-state index contributed by atoms with van der Waals surface area (Å²) in [5, 5.41) is 3.23. The minimum Gasteiger partial charge on any atom is -0.381 e. The molecule has 1 aromatic rings. The maximum atomic E-state index is 11.7. The van der Waals surface area contributed by atoms with Gasteiger partial charge in [-0.15, -0.1) is 0 Å². The monoisotopic (exact) mass is 603 g/mol. The number of hydrogen-bond acceptors (Lipinski definition) is 4. The molecule has 0 bridgehead atoms. The predicted molar refractivity (Wildman–Crippen MR) is 192 cm³/mol. The van der Waals surface area contributed by atoms with Gasteiger partial charge in [0.15, 0.2) is 0 Å². The standard InChI is InChI=1S/C39H74N2O2/c1-5-8-11-14-17-22-28-36(29-23-18-15-12-9-6-2)30-24-19-21-26-33-41(32-25-20-16-13-10-7-3)34-27-31-40-37-35(4)38(42)39(37)43/h36,40H,5-34H2,1-4H3. The number of rotatable bonds is 33. The Morgan fingerprint density at radius 3 is 1.28 bits per heavy atom. The Labute approximate surface area is 268 Å². The zero-order valence-electron chi connectivity index (χ0n) is 29.6. The van der Waals surface area contributed by atoms with Gasteiger partial charge in [0.25, 0.3) is 0 Å². The second-order valence-corrected chi connectivity index (χ2v) is 13.7.